The average Bonchev–Trinajstić information content (AvgIpc) is 2.71. The monoisotopic (exact) mass is 392 g/mol. The van der Waals surface area contributed by atoms with Crippen LogP contribution in [0, 0.1) is 0 Å². The lowest BCUT2D eigenvalue weighted by molar-refractivity contribution is 0.583. The first-order chi connectivity index (χ1) is 13.6. The standard InChI is InChI=1S/C21H20N4O2S/c1-3-12-25-20(27)15-9-5-7-11-17(15)23-21(25)28-13(2)18-22-16-10-6-4-8-14(16)19(26)24-18/h4-11,13H,3,12H2,1-2H3,(H,22,24,26)/t13-/m1/s1. The zero-order chi connectivity index (χ0) is 19.7. The number of thioether (sulfide) groups is 1. The van der Waals surface area contributed by atoms with Gasteiger partial charge in [-0.25, -0.2) is 9.97 Å². The van der Waals surface area contributed by atoms with Gasteiger partial charge in [0.05, 0.1) is 27.1 Å². The molecular formula is C21H20N4O2S. The first-order valence-electron chi connectivity index (χ1n) is 9.23. The number of hydrogen-bond donors (Lipinski definition) is 1. The second kappa shape index (κ2) is 7.59. The maximum Gasteiger partial charge on any atom is 0.262 e. The predicted molar refractivity (Wildman–Crippen MR) is 113 cm³/mol. The zero-order valence-electron chi connectivity index (χ0n) is 15.7. The summed E-state index contributed by atoms with van der Waals surface area (Å²) in [6, 6.07) is 14.6. The van der Waals surface area contributed by atoms with Gasteiger partial charge in [0.25, 0.3) is 11.1 Å². The maximum absolute atomic E-state index is 12.9. The lowest BCUT2D eigenvalue weighted by atomic mass is 10.2. The summed E-state index contributed by atoms with van der Waals surface area (Å²) in [4.78, 5) is 37.5. The van der Waals surface area contributed by atoms with Crippen LogP contribution in [0.2, 0.25) is 0 Å². The van der Waals surface area contributed by atoms with E-state index < -0.39 is 0 Å². The Hall–Kier alpha value is -2.93. The van der Waals surface area contributed by atoms with E-state index in [2.05, 4.69) is 9.97 Å². The van der Waals surface area contributed by atoms with Crippen LogP contribution in [0.1, 0.15) is 31.3 Å². The van der Waals surface area contributed by atoms with Gasteiger partial charge in [0.2, 0.25) is 0 Å². The van der Waals surface area contributed by atoms with Gasteiger partial charge in [0, 0.05) is 6.54 Å². The summed E-state index contributed by atoms with van der Waals surface area (Å²) in [6.07, 6.45) is 0.826. The summed E-state index contributed by atoms with van der Waals surface area (Å²) in [6.45, 7) is 4.57. The van der Waals surface area contributed by atoms with E-state index in [9.17, 15) is 9.59 Å². The molecule has 7 heteroatoms. The van der Waals surface area contributed by atoms with Crippen molar-refractivity contribution in [2.75, 3.05) is 0 Å². The Morgan fingerprint density at radius 1 is 1.00 bits per heavy atom. The van der Waals surface area contributed by atoms with E-state index in [0.29, 0.717) is 39.3 Å². The molecule has 0 aliphatic carbocycles. The van der Waals surface area contributed by atoms with Crippen molar-refractivity contribution in [3.63, 3.8) is 0 Å². The highest BCUT2D eigenvalue weighted by Gasteiger charge is 2.17. The molecule has 0 spiro atoms. The van der Waals surface area contributed by atoms with Crippen LogP contribution >= 0.6 is 11.8 Å². The summed E-state index contributed by atoms with van der Waals surface area (Å²) in [5, 5.41) is 1.64. The molecule has 0 bridgehead atoms. The van der Waals surface area contributed by atoms with Gasteiger partial charge in [-0.15, -0.1) is 0 Å². The summed E-state index contributed by atoms with van der Waals surface area (Å²) in [5.74, 6) is 0.569. The fourth-order valence-electron chi connectivity index (χ4n) is 3.17. The van der Waals surface area contributed by atoms with Crippen LogP contribution in [0.15, 0.2) is 63.3 Å². The number of hydrogen-bond acceptors (Lipinski definition) is 5. The van der Waals surface area contributed by atoms with Crippen LogP contribution in [0.5, 0.6) is 0 Å². The number of nitrogens with one attached hydrogen (secondary N) is 1. The van der Waals surface area contributed by atoms with Crippen LogP contribution in [-0.2, 0) is 6.54 Å². The lowest BCUT2D eigenvalue weighted by Gasteiger charge is -2.15. The topological polar surface area (TPSA) is 80.6 Å². The second-order valence-corrected chi connectivity index (χ2v) is 7.90. The fourth-order valence-corrected chi connectivity index (χ4v) is 4.16. The van der Waals surface area contributed by atoms with Crippen molar-refractivity contribution in [3.8, 4) is 0 Å². The molecule has 2 aromatic heterocycles. The molecule has 1 N–H and O–H groups in total. The van der Waals surface area contributed by atoms with Gasteiger partial charge in [0.1, 0.15) is 5.82 Å². The number of aromatic amines is 1. The predicted octanol–water partition coefficient (Wildman–Crippen LogP) is 3.90. The third kappa shape index (κ3) is 3.33. The molecule has 0 aliphatic heterocycles. The van der Waals surface area contributed by atoms with Gasteiger partial charge >= 0.3 is 0 Å². The molecule has 2 heterocycles. The minimum Gasteiger partial charge on any atom is -0.309 e. The molecule has 28 heavy (non-hydrogen) atoms. The van der Waals surface area contributed by atoms with Gasteiger partial charge in [0.15, 0.2) is 5.16 Å². The lowest BCUT2D eigenvalue weighted by Crippen LogP contribution is -2.23. The van der Waals surface area contributed by atoms with E-state index in [4.69, 9.17) is 4.98 Å². The molecule has 6 nitrogen and oxygen atoms in total. The summed E-state index contributed by atoms with van der Waals surface area (Å²) in [5.41, 5.74) is 1.13. The third-order valence-corrected chi connectivity index (χ3v) is 5.67. The van der Waals surface area contributed by atoms with E-state index in [-0.39, 0.29) is 16.4 Å². The normalized spacial score (nSPS) is 12.5. The highest BCUT2D eigenvalue weighted by molar-refractivity contribution is 7.99. The number of aromatic nitrogens is 4. The molecule has 1 atom stereocenters. The summed E-state index contributed by atoms with van der Waals surface area (Å²) < 4.78 is 1.71. The minimum atomic E-state index is -0.173. The summed E-state index contributed by atoms with van der Waals surface area (Å²) >= 11 is 1.43. The SMILES string of the molecule is CCCn1c(S[C@H](C)c2nc3ccccc3c(=O)[nH]2)nc2ccccc2c1=O. The van der Waals surface area contributed by atoms with Crippen molar-refractivity contribution in [3.05, 3.63) is 75.1 Å². The van der Waals surface area contributed by atoms with E-state index in [1.165, 1.54) is 11.8 Å². The van der Waals surface area contributed by atoms with Crippen LogP contribution in [0.25, 0.3) is 21.8 Å². The van der Waals surface area contributed by atoms with Crippen molar-refractivity contribution in [1.82, 2.24) is 19.5 Å². The molecule has 0 fully saturated rings. The quantitative estimate of drug-likeness (QED) is 0.412. The Morgan fingerprint density at radius 3 is 2.36 bits per heavy atom. The molecule has 2 aromatic carbocycles. The van der Waals surface area contributed by atoms with Gasteiger partial charge in [-0.05, 0) is 37.6 Å². The fraction of sp³-hybridized carbons (Fsp3) is 0.238. The molecule has 0 radical (unpaired) electrons. The molecule has 4 rings (SSSR count). The Kier molecular flexibility index (Phi) is 5.00. The Labute approximate surface area is 165 Å². The second-order valence-electron chi connectivity index (χ2n) is 6.60. The van der Waals surface area contributed by atoms with Crippen LogP contribution in [-0.4, -0.2) is 19.5 Å². The molecule has 0 unspecified atom stereocenters. The van der Waals surface area contributed by atoms with Crippen LogP contribution < -0.4 is 11.1 Å². The first kappa shape index (κ1) is 18.4. The molecule has 0 saturated heterocycles. The van der Waals surface area contributed by atoms with Crippen LogP contribution in [0.4, 0.5) is 0 Å². The van der Waals surface area contributed by atoms with Crippen molar-refractivity contribution in [2.24, 2.45) is 0 Å². The average molecular weight is 392 g/mol. The van der Waals surface area contributed by atoms with Crippen LogP contribution in [0.3, 0.4) is 0 Å². The summed E-state index contributed by atoms with van der Waals surface area (Å²) in [7, 11) is 0. The number of fused-ring (bicyclic) bond motifs is 2. The first-order valence-corrected chi connectivity index (χ1v) is 10.1. The molecule has 4 aromatic rings. The number of para-hydroxylation sites is 2. The van der Waals surface area contributed by atoms with Gasteiger partial charge < -0.3 is 4.98 Å². The zero-order valence-corrected chi connectivity index (χ0v) is 16.5. The Balaban J connectivity index is 1.78. The minimum absolute atomic E-state index is 0.0397. The Bertz CT molecular complexity index is 1280. The number of H-pyrrole nitrogens is 1. The molecule has 0 aliphatic rings. The van der Waals surface area contributed by atoms with Gasteiger partial charge in [-0.1, -0.05) is 43.0 Å². The van der Waals surface area contributed by atoms with Crippen molar-refractivity contribution >= 4 is 33.6 Å². The highest BCUT2D eigenvalue weighted by Crippen LogP contribution is 2.32. The highest BCUT2D eigenvalue weighted by atomic mass is 32.2. The largest absolute Gasteiger partial charge is 0.309 e. The number of nitrogens with zero attached hydrogens (tertiary/aromatic N) is 3. The molecule has 0 amide bonds. The number of benzene rings is 2. The molecule has 0 saturated carbocycles. The van der Waals surface area contributed by atoms with Crippen molar-refractivity contribution in [2.45, 2.75) is 37.2 Å². The van der Waals surface area contributed by atoms with Gasteiger partial charge in [-0.3, -0.25) is 14.2 Å². The molecule has 142 valence electrons. The molecular weight excluding hydrogens is 372 g/mol. The van der Waals surface area contributed by atoms with Crippen molar-refractivity contribution < 1.29 is 0 Å². The van der Waals surface area contributed by atoms with Crippen molar-refractivity contribution in [1.29, 1.82) is 0 Å². The van der Waals surface area contributed by atoms with E-state index in [1.54, 1.807) is 16.7 Å². The van der Waals surface area contributed by atoms with E-state index >= 15 is 0 Å². The maximum atomic E-state index is 12.9. The number of rotatable bonds is 5. The third-order valence-electron chi connectivity index (χ3n) is 4.57. The van der Waals surface area contributed by atoms with Gasteiger partial charge in [-0.2, -0.15) is 0 Å². The van der Waals surface area contributed by atoms with E-state index in [0.717, 1.165) is 6.42 Å². The smallest absolute Gasteiger partial charge is 0.262 e. The van der Waals surface area contributed by atoms with E-state index in [1.807, 2.05) is 50.2 Å². The Morgan fingerprint density at radius 2 is 1.64 bits per heavy atom.